The fraction of sp³-hybridized carbons (Fsp3) is 0.200. The third kappa shape index (κ3) is 3.79. The Kier molecular flexibility index (Phi) is 4.94. The van der Waals surface area contributed by atoms with Crippen molar-refractivity contribution >= 4 is 28.9 Å². The minimum absolute atomic E-state index is 0.613. The summed E-state index contributed by atoms with van der Waals surface area (Å²) < 4.78 is 5.56. The van der Waals surface area contributed by atoms with Crippen LogP contribution in [0.3, 0.4) is 0 Å². The van der Waals surface area contributed by atoms with Crippen molar-refractivity contribution in [3.8, 4) is 5.75 Å². The van der Waals surface area contributed by atoms with Crippen molar-refractivity contribution in [1.82, 2.24) is 0 Å². The molecule has 0 bridgehead atoms. The fourth-order valence-corrected chi connectivity index (χ4v) is 2.13. The number of benzene rings is 2. The fourth-order valence-electron chi connectivity index (χ4n) is 1.75. The van der Waals surface area contributed by atoms with Gasteiger partial charge in [-0.05, 0) is 36.8 Å². The Balaban J connectivity index is 2.14. The van der Waals surface area contributed by atoms with E-state index in [1.54, 1.807) is 0 Å². The van der Waals surface area contributed by atoms with Crippen molar-refractivity contribution < 1.29 is 4.74 Å². The van der Waals surface area contributed by atoms with Crippen LogP contribution < -0.4 is 10.1 Å². The molecule has 2 aromatic rings. The van der Waals surface area contributed by atoms with Crippen LogP contribution in [0.15, 0.2) is 42.5 Å². The van der Waals surface area contributed by atoms with E-state index < -0.39 is 0 Å². The van der Waals surface area contributed by atoms with Crippen LogP contribution >= 0.6 is 23.2 Å². The lowest BCUT2D eigenvalue weighted by molar-refractivity contribution is 0.341. The summed E-state index contributed by atoms with van der Waals surface area (Å²) in [5, 5.41) is 4.72. The van der Waals surface area contributed by atoms with E-state index in [1.165, 1.54) is 0 Å². The Labute approximate surface area is 123 Å². The van der Waals surface area contributed by atoms with Gasteiger partial charge in [0.25, 0.3) is 0 Å². The lowest BCUT2D eigenvalue weighted by Crippen LogP contribution is -2.03. The van der Waals surface area contributed by atoms with Gasteiger partial charge in [-0.3, -0.25) is 0 Å². The van der Waals surface area contributed by atoms with Gasteiger partial charge in [0.05, 0.1) is 12.3 Å². The minimum Gasteiger partial charge on any atom is -0.492 e. The predicted octanol–water partition coefficient (Wildman–Crippen LogP) is 5.00. The summed E-state index contributed by atoms with van der Waals surface area (Å²) in [5.74, 6) is 0.791. The number of nitrogens with one attached hydrogen (secondary N) is 1. The number of ether oxygens (including phenoxy) is 1. The second-order valence-electron chi connectivity index (χ2n) is 4.02. The van der Waals surface area contributed by atoms with Gasteiger partial charge in [0, 0.05) is 16.6 Å². The van der Waals surface area contributed by atoms with Crippen molar-refractivity contribution in [2.45, 2.75) is 13.5 Å². The molecule has 0 saturated carbocycles. The van der Waals surface area contributed by atoms with Gasteiger partial charge in [-0.25, -0.2) is 0 Å². The zero-order chi connectivity index (χ0) is 13.7. The highest BCUT2D eigenvalue weighted by atomic mass is 35.5. The van der Waals surface area contributed by atoms with Crippen LogP contribution in [0.4, 0.5) is 5.69 Å². The monoisotopic (exact) mass is 295 g/mol. The molecule has 0 aliphatic rings. The molecule has 2 aromatic carbocycles. The van der Waals surface area contributed by atoms with Crippen LogP contribution in [-0.4, -0.2) is 6.61 Å². The summed E-state index contributed by atoms with van der Waals surface area (Å²) in [7, 11) is 0. The van der Waals surface area contributed by atoms with Crippen molar-refractivity contribution in [3.05, 3.63) is 58.1 Å². The predicted molar refractivity (Wildman–Crippen MR) is 81.4 cm³/mol. The molecule has 0 amide bonds. The molecule has 0 unspecified atom stereocenters. The normalized spacial score (nSPS) is 10.3. The molecule has 2 nitrogen and oxygen atoms in total. The molecule has 0 heterocycles. The Hall–Kier alpha value is -1.38. The average Bonchev–Trinajstić information content (AvgIpc) is 2.41. The number of hydrogen-bond donors (Lipinski definition) is 1. The van der Waals surface area contributed by atoms with Crippen molar-refractivity contribution in [2.75, 3.05) is 11.9 Å². The molecule has 0 aromatic heterocycles. The first kappa shape index (κ1) is 14.0. The van der Waals surface area contributed by atoms with Gasteiger partial charge < -0.3 is 10.1 Å². The third-order valence-electron chi connectivity index (χ3n) is 2.67. The van der Waals surface area contributed by atoms with E-state index in [-0.39, 0.29) is 0 Å². The molecule has 4 heteroatoms. The van der Waals surface area contributed by atoms with Crippen LogP contribution in [0.5, 0.6) is 5.75 Å². The number of hydrogen-bond acceptors (Lipinski definition) is 2. The molecule has 0 fully saturated rings. The second-order valence-corrected chi connectivity index (χ2v) is 4.86. The van der Waals surface area contributed by atoms with Crippen molar-refractivity contribution in [3.63, 3.8) is 0 Å². The quantitative estimate of drug-likeness (QED) is 0.838. The van der Waals surface area contributed by atoms with E-state index in [9.17, 15) is 0 Å². The molecular weight excluding hydrogens is 281 g/mol. The molecule has 0 saturated heterocycles. The minimum atomic E-state index is 0.613. The SMILES string of the molecule is CCOc1ccc(Cl)cc1NCc1ccccc1Cl. The molecule has 19 heavy (non-hydrogen) atoms. The molecular formula is C15H15Cl2NO. The van der Waals surface area contributed by atoms with E-state index in [1.807, 2.05) is 49.4 Å². The maximum atomic E-state index is 6.13. The molecule has 0 aliphatic heterocycles. The lowest BCUT2D eigenvalue weighted by atomic mass is 10.2. The van der Waals surface area contributed by atoms with Crippen LogP contribution in [0.2, 0.25) is 10.0 Å². The Bertz CT molecular complexity index is 558. The van der Waals surface area contributed by atoms with Crippen LogP contribution in [0.1, 0.15) is 12.5 Å². The van der Waals surface area contributed by atoms with Gasteiger partial charge in [-0.1, -0.05) is 41.4 Å². The van der Waals surface area contributed by atoms with E-state index >= 15 is 0 Å². The molecule has 0 aliphatic carbocycles. The van der Waals surface area contributed by atoms with Crippen LogP contribution in [0, 0.1) is 0 Å². The molecule has 0 spiro atoms. The summed E-state index contributed by atoms with van der Waals surface area (Å²) in [5.41, 5.74) is 1.90. The number of rotatable bonds is 5. The van der Waals surface area contributed by atoms with E-state index in [0.717, 1.165) is 22.0 Å². The van der Waals surface area contributed by atoms with E-state index in [0.29, 0.717) is 18.2 Å². The van der Waals surface area contributed by atoms with Gasteiger partial charge in [0.1, 0.15) is 5.75 Å². The van der Waals surface area contributed by atoms with Gasteiger partial charge in [-0.2, -0.15) is 0 Å². The topological polar surface area (TPSA) is 21.3 Å². The smallest absolute Gasteiger partial charge is 0.142 e. The van der Waals surface area contributed by atoms with Gasteiger partial charge >= 0.3 is 0 Å². The summed E-state index contributed by atoms with van der Waals surface area (Å²) >= 11 is 12.1. The summed E-state index contributed by atoms with van der Waals surface area (Å²) in [6.07, 6.45) is 0. The van der Waals surface area contributed by atoms with E-state index in [2.05, 4.69) is 5.32 Å². The Morgan fingerprint density at radius 1 is 1.11 bits per heavy atom. The Morgan fingerprint density at radius 3 is 2.63 bits per heavy atom. The summed E-state index contributed by atoms with van der Waals surface area (Å²) in [6.45, 7) is 3.19. The third-order valence-corrected chi connectivity index (χ3v) is 3.27. The van der Waals surface area contributed by atoms with Crippen molar-refractivity contribution in [1.29, 1.82) is 0 Å². The van der Waals surface area contributed by atoms with Crippen molar-refractivity contribution in [2.24, 2.45) is 0 Å². The maximum absolute atomic E-state index is 6.13. The van der Waals surface area contributed by atoms with Gasteiger partial charge in [0.15, 0.2) is 0 Å². The summed E-state index contributed by atoms with van der Waals surface area (Å²) in [6, 6.07) is 13.3. The molecule has 100 valence electrons. The van der Waals surface area contributed by atoms with E-state index in [4.69, 9.17) is 27.9 Å². The molecule has 1 N–H and O–H groups in total. The zero-order valence-electron chi connectivity index (χ0n) is 10.6. The molecule has 0 radical (unpaired) electrons. The average molecular weight is 296 g/mol. The zero-order valence-corrected chi connectivity index (χ0v) is 12.1. The largest absolute Gasteiger partial charge is 0.492 e. The lowest BCUT2D eigenvalue weighted by Gasteiger charge is -2.13. The highest BCUT2D eigenvalue weighted by Crippen LogP contribution is 2.29. The highest BCUT2D eigenvalue weighted by molar-refractivity contribution is 6.31. The highest BCUT2D eigenvalue weighted by Gasteiger charge is 2.05. The standard InChI is InChI=1S/C15H15Cl2NO/c1-2-19-15-8-7-12(16)9-14(15)18-10-11-5-3-4-6-13(11)17/h3-9,18H,2,10H2,1H3. The number of anilines is 1. The first-order valence-electron chi connectivity index (χ1n) is 6.10. The van der Waals surface area contributed by atoms with Crippen LogP contribution in [-0.2, 0) is 6.54 Å². The second kappa shape index (κ2) is 6.69. The summed E-state index contributed by atoms with van der Waals surface area (Å²) in [4.78, 5) is 0. The van der Waals surface area contributed by atoms with Gasteiger partial charge in [-0.15, -0.1) is 0 Å². The maximum Gasteiger partial charge on any atom is 0.142 e. The number of halogens is 2. The van der Waals surface area contributed by atoms with Crippen LogP contribution in [0.25, 0.3) is 0 Å². The first-order valence-corrected chi connectivity index (χ1v) is 6.86. The first-order chi connectivity index (χ1) is 9.20. The Morgan fingerprint density at radius 2 is 1.89 bits per heavy atom. The molecule has 2 rings (SSSR count). The van der Waals surface area contributed by atoms with Gasteiger partial charge in [0.2, 0.25) is 0 Å². The molecule has 0 atom stereocenters.